The molecule has 6 rings (SSSR count). The third-order valence-corrected chi connectivity index (χ3v) is 9.28. The summed E-state index contributed by atoms with van der Waals surface area (Å²) in [5.74, 6) is -0.485. The lowest BCUT2D eigenvalue weighted by Crippen LogP contribution is -2.65. The minimum Gasteiger partial charge on any atom is -0.465 e. The van der Waals surface area contributed by atoms with Gasteiger partial charge in [0.15, 0.2) is 0 Å². The van der Waals surface area contributed by atoms with Crippen molar-refractivity contribution in [3.8, 4) is 0 Å². The first-order valence-electron chi connectivity index (χ1n) is 13.6. The molecule has 0 radical (unpaired) electrons. The van der Waals surface area contributed by atoms with E-state index in [4.69, 9.17) is 14.0 Å². The summed E-state index contributed by atoms with van der Waals surface area (Å²) in [5, 5.41) is 14.6. The third kappa shape index (κ3) is 5.16. The number of morpholine rings is 1. The van der Waals surface area contributed by atoms with Crippen LogP contribution in [-0.2, 0) is 30.1 Å². The summed E-state index contributed by atoms with van der Waals surface area (Å²) < 4.78 is 18.4. The number of benzene rings is 1. The second kappa shape index (κ2) is 10.5. The summed E-state index contributed by atoms with van der Waals surface area (Å²) in [7, 11) is -0.690. The maximum atomic E-state index is 13.5. The number of amides is 3. The molecule has 38 heavy (non-hydrogen) atoms. The largest absolute Gasteiger partial charge is 0.482 e. The molecular formula is C27H38BN3O7. The summed E-state index contributed by atoms with van der Waals surface area (Å²) in [6.45, 7) is 8.38. The molecule has 3 saturated carbocycles. The maximum absolute atomic E-state index is 13.5. The molecule has 206 valence electrons. The maximum Gasteiger partial charge on any atom is 0.482 e. The van der Waals surface area contributed by atoms with Crippen LogP contribution in [0, 0.1) is 17.3 Å². The molecular weight excluding hydrogens is 489 g/mol. The van der Waals surface area contributed by atoms with Crippen molar-refractivity contribution < 1.29 is 33.5 Å². The van der Waals surface area contributed by atoms with Crippen LogP contribution in [0.1, 0.15) is 45.6 Å². The Hall–Kier alpha value is -2.63. The SMILES string of the molecule is CC1(C)[C@@H]2C[C@H]3OB(C(Cc4ccccc4)NC(=O)C(CC(=O)N4CCOCC4)NC(=O)O)O[C@@]3(C)[C@H]1C2. The van der Waals surface area contributed by atoms with Crippen molar-refractivity contribution in [3.63, 3.8) is 0 Å². The Kier molecular flexibility index (Phi) is 7.45. The minimum atomic E-state index is -1.37. The second-order valence-corrected chi connectivity index (χ2v) is 11.8. The Morgan fingerprint density at radius 2 is 1.82 bits per heavy atom. The lowest BCUT2D eigenvalue weighted by atomic mass is 9.43. The fourth-order valence-electron chi connectivity index (χ4n) is 6.91. The highest BCUT2D eigenvalue weighted by Gasteiger charge is 2.68. The first kappa shape index (κ1) is 27.0. The van der Waals surface area contributed by atoms with Crippen molar-refractivity contribution in [3.05, 3.63) is 35.9 Å². The smallest absolute Gasteiger partial charge is 0.465 e. The summed E-state index contributed by atoms with van der Waals surface area (Å²) in [6.07, 6.45) is 0.763. The van der Waals surface area contributed by atoms with E-state index in [1.54, 1.807) is 4.90 Å². The third-order valence-electron chi connectivity index (χ3n) is 9.28. The molecule has 0 spiro atoms. The fourth-order valence-corrected chi connectivity index (χ4v) is 6.91. The normalized spacial score (nSPS) is 31.0. The Morgan fingerprint density at radius 1 is 1.11 bits per heavy atom. The molecule has 1 aromatic carbocycles. The highest BCUT2D eigenvalue weighted by atomic mass is 16.7. The molecule has 6 atom stereocenters. The zero-order chi connectivity index (χ0) is 27.1. The van der Waals surface area contributed by atoms with Gasteiger partial charge in [-0.3, -0.25) is 9.59 Å². The Morgan fingerprint density at radius 3 is 2.47 bits per heavy atom. The van der Waals surface area contributed by atoms with Gasteiger partial charge in [0.2, 0.25) is 11.8 Å². The number of ether oxygens (including phenoxy) is 1. The molecule has 11 heteroatoms. The van der Waals surface area contributed by atoms with Crippen LogP contribution in [0.5, 0.6) is 0 Å². The first-order chi connectivity index (χ1) is 18.1. The number of hydrogen-bond acceptors (Lipinski definition) is 6. The molecule has 2 heterocycles. The molecule has 3 aliphatic carbocycles. The van der Waals surface area contributed by atoms with Gasteiger partial charge in [0.05, 0.1) is 37.3 Å². The van der Waals surface area contributed by atoms with Gasteiger partial charge in [-0.1, -0.05) is 44.2 Å². The minimum absolute atomic E-state index is 0.0599. The van der Waals surface area contributed by atoms with Gasteiger partial charge in [-0.25, -0.2) is 4.79 Å². The van der Waals surface area contributed by atoms with E-state index in [9.17, 15) is 19.5 Å². The van der Waals surface area contributed by atoms with Crippen LogP contribution in [0.3, 0.4) is 0 Å². The van der Waals surface area contributed by atoms with Crippen molar-refractivity contribution in [2.45, 2.75) is 70.1 Å². The molecule has 5 fully saturated rings. The number of nitrogens with zero attached hydrogens (tertiary/aromatic N) is 1. The van der Waals surface area contributed by atoms with E-state index in [0.29, 0.717) is 44.6 Å². The number of carboxylic acid groups (broad SMARTS) is 1. The standard InChI is InChI=1S/C27H38BN3O7/c1-26(2)18-14-20(26)27(3)21(15-18)37-28(38-27)22(13-17-7-5-4-6-8-17)30-24(33)19(29-25(34)35)16-23(32)31-9-11-36-12-10-31/h4-8,18-22,29H,9-16H2,1-3H3,(H,30,33)(H,34,35)/t18-,19?,20-,21+,22?,27-/m0/s1. The topological polar surface area (TPSA) is 126 Å². The van der Waals surface area contributed by atoms with Crippen molar-refractivity contribution >= 4 is 25.0 Å². The molecule has 0 aromatic heterocycles. The van der Waals surface area contributed by atoms with Gasteiger partial charge >= 0.3 is 13.2 Å². The number of rotatable bonds is 8. The van der Waals surface area contributed by atoms with Crippen LogP contribution >= 0.6 is 0 Å². The van der Waals surface area contributed by atoms with Crippen molar-refractivity contribution in [1.82, 2.24) is 15.5 Å². The molecule has 3 amide bonds. The van der Waals surface area contributed by atoms with E-state index in [2.05, 4.69) is 31.4 Å². The molecule has 1 aromatic rings. The predicted molar refractivity (Wildman–Crippen MR) is 139 cm³/mol. The molecule has 2 bridgehead atoms. The quantitative estimate of drug-likeness (QED) is 0.441. The lowest BCUT2D eigenvalue weighted by Gasteiger charge is -2.64. The van der Waals surface area contributed by atoms with Gasteiger partial charge in [0.25, 0.3) is 0 Å². The highest BCUT2D eigenvalue weighted by molar-refractivity contribution is 6.48. The van der Waals surface area contributed by atoms with Gasteiger partial charge in [-0.2, -0.15) is 0 Å². The zero-order valence-corrected chi connectivity index (χ0v) is 22.4. The Labute approximate surface area is 223 Å². The molecule has 3 N–H and O–H groups in total. The first-order valence-corrected chi connectivity index (χ1v) is 13.6. The van der Waals surface area contributed by atoms with Crippen LogP contribution in [0.25, 0.3) is 0 Å². The average molecular weight is 527 g/mol. The molecule has 2 unspecified atom stereocenters. The number of carbonyl (C=O) groups is 3. The monoisotopic (exact) mass is 527 g/mol. The number of carbonyl (C=O) groups excluding carboxylic acids is 2. The average Bonchev–Trinajstić information content (AvgIpc) is 3.26. The van der Waals surface area contributed by atoms with E-state index in [1.165, 1.54) is 0 Å². The lowest BCUT2D eigenvalue weighted by molar-refractivity contribution is -0.199. The van der Waals surface area contributed by atoms with Gasteiger partial charge in [0.1, 0.15) is 6.04 Å². The summed E-state index contributed by atoms with van der Waals surface area (Å²) >= 11 is 0. The van der Waals surface area contributed by atoms with E-state index in [1.807, 2.05) is 30.3 Å². The Balaban J connectivity index is 1.33. The van der Waals surface area contributed by atoms with Crippen LogP contribution in [0.15, 0.2) is 30.3 Å². The number of hydrogen-bond donors (Lipinski definition) is 3. The molecule has 2 saturated heterocycles. The van der Waals surface area contributed by atoms with Crippen molar-refractivity contribution in [1.29, 1.82) is 0 Å². The van der Waals surface area contributed by atoms with E-state index >= 15 is 0 Å². The van der Waals surface area contributed by atoms with Crippen LogP contribution in [0.4, 0.5) is 4.79 Å². The van der Waals surface area contributed by atoms with Crippen LogP contribution < -0.4 is 10.6 Å². The zero-order valence-electron chi connectivity index (χ0n) is 22.4. The highest BCUT2D eigenvalue weighted by Crippen LogP contribution is 2.65. The second-order valence-electron chi connectivity index (χ2n) is 11.8. The number of nitrogens with one attached hydrogen (secondary N) is 2. The van der Waals surface area contributed by atoms with Gasteiger partial charge < -0.3 is 34.7 Å². The molecule has 2 aliphatic heterocycles. The van der Waals surface area contributed by atoms with Crippen molar-refractivity contribution in [2.24, 2.45) is 17.3 Å². The van der Waals surface area contributed by atoms with Gasteiger partial charge in [-0.15, -0.1) is 0 Å². The van der Waals surface area contributed by atoms with Crippen molar-refractivity contribution in [2.75, 3.05) is 26.3 Å². The predicted octanol–water partition coefficient (Wildman–Crippen LogP) is 1.87. The summed E-state index contributed by atoms with van der Waals surface area (Å²) in [6, 6.07) is 8.48. The van der Waals surface area contributed by atoms with Gasteiger partial charge in [0, 0.05) is 13.1 Å². The fraction of sp³-hybridized carbons (Fsp3) is 0.667. The summed E-state index contributed by atoms with van der Waals surface area (Å²) in [4.78, 5) is 39.5. The van der Waals surface area contributed by atoms with E-state index in [0.717, 1.165) is 18.4 Å². The Bertz CT molecular complexity index is 1050. The molecule has 5 aliphatic rings. The van der Waals surface area contributed by atoms with Crippen LogP contribution in [0.2, 0.25) is 0 Å². The van der Waals surface area contributed by atoms with E-state index < -0.39 is 36.7 Å². The van der Waals surface area contributed by atoms with E-state index in [-0.39, 0.29) is 23.8 Å². The van der Waals surface area contributed by atoms with Crippen LogP contribution in [-0.4, -0.2) is 85.0 Å². The summed E-state index contributed by atoms with van der Waals surface area (Å²) in [5.41, 5.74) is 0.716. The van der Waals surface area contributed by atoms with Gasteiger partial charge in [-0.05, 0) is 49.0 Å². The molecule has 10 nitrogen and oxygen atoms in total.